The van der Waals surface area contributed by atoms with Gasteiger partial charge in [0.1, 0.15) is 11.0 Å². The average molecular weight is 561 g/mol. The first kappa shape index (κ1) is 27.8. The Hall–Kier alpha value is -3.76. The smallest absolute Gasteiger partial charge is 0.267 e. The third kappa shape index (κ3) is 6.68. The van der Waals surface area contributed by atoms with E-state index in [0.29, 0.717) is 11.6 Å². The Morgan fingerprint density at radius 3 is 2.55 bits per heavy atom. The van der Waals surface area contributed by atoms with Crippen molar-refractivity contribution in [1.29, 1.82) is 0 Å². The van der Waals surface area contributed by atoms with Crippen LogP contribution in [0.5, 0.6) is 5.88 Å². The van der Waals surface area contributed by atoms with Gasteiger partial charge in [0.05, 0.1) is 11.9 Å². The van der Waals surface area contributed by atoms with E-state index in [1.165, 1.54) is 28.2 Å². The lowest BCUT2D eigenvalue weighted by Crippen LogP contribution is -2.26. The van der Waals surface area contributed by atoms with Gasteiger partial charge in [-0.05, 0) is 63.3 Å². The van der Waals surface area contributed by atoms with E-state index < -0.39 is 10.0 Å². The molecule has 0 saturated carbocycles. The Morgan fingerprint density at radius 2 is 1.82 bits per heavy atom. The summed E-state index contributed by atoms with van der Waals surface area (Å²) in [6.45, 7) is 8.90. The van der Waals surface area contributed by atoms with Crippen LogP contribution in [0.3, 0.4) is 0 Å². The molecule has 5 rings (SSSR count). The molecule has 4 aromatic rings. The molecule has 210 valence electrons. The van der Waals surface area contributed by atoms with E-state index in [1.54, 1.807) is 13.1 Å². The summed E-state index contributed by atoms with van der Waals surface area (Å²) in [5.74, 6) is 0.315. The summed E-state index contributed by atoms with van der Waals surface area (Å²) in [6, 6.07) is 16.5. The van der Waals surface area contributed by atoms with Crippen LogP contribution in [0.2, 0.25) is 0 Å². The van der Waals surface area contributed by atoms with Gasteiger partial charge in [-0.1, -0.05) is 48.0 Å². The normalized spacial score (nSPS) is 15.8. The summed E-state index contributed by atoms with van der Waals surface area (Å²) in [4.78, 5) is 11.5. The second-order valence-electron chi connectivity index (χ2n) is 10.6. The van der Waals surface area contributed by atoms with E-state index in [2.05, 4.69) is 55.9 Å². The molecule has 3 heterocycles. The van der Waals surface area contributed by atoms with Crippen molar-refractivity contribution in [2.75, 3.05) is 24.4 Å². The average Bonchev–Trinajstić information content (AvgIpc) is 3.53. The predicted octanol–water partition coefficient (Wildman–Crippen LogP) is 4.69. The Labute approximate surface area is 236 Å². The lowest BCUT2D eigenvalue weighted by atomic mass is 10.00. The minimum atomic E-state index is -3.92. The zero-order valence-corrected chi connectivity index (χ0v) is 24.3. The number of nitrogens with zero attached hydrogens (tertiary/aromatic N) is 5. The van der Waals surface area contributed by atoms with Gasteiger partial charge >= 0.3 is 0 Å². The van der Waals surface area contributed by atoms with E-state index in [4.69, 9.17) is 4.74 Å². The first-order chi connectivity index (χ1) is 19.2. The first-order valence-corrected chi connectivity index (χ1v) is 15.1. The molecular weight excluding hydrogens is 524 g/mol. The van der Waals surface area contributed by atoms with Crippen LogP contribution in [0, 0.1) is 20.8 Å². The van der Waals surface area contributed by atoms with Crippen LogP contribution < -0.4 is 9.46 Å². The Morgan fingerprint density at radius 1 is 1.05 bits per heavy atom. The minimum Gasteiger partial charge on any atom is -0.473 e. The number of nitrogens with one attached hydrogen (secondary N) is 1. The zero-order chi connectivity index (χ0) is 28.3. The Bertz CT molecular complexity index is 1580. The molecule has 2 aromatic carbocycles. The molecule has 1 fully saturated rings. The molecule has 0 bridgehead atoms. The molecular formula is C30H36N6O3S. The molecule has 1 aliphatic heterocycles. The largest absolute Gasteiger partial charge is 0.473 e. The topological polar surface area (TPSA) is 102 Å². The van der Waals surface area contributed by atoms with Gasteiger partial charge in [-0.3, -0.25) is 9.58 Å². The number of sulfonamides is 1. The fraction of sp³-hybridized carbons (Fsp3) is 0.367. The standard InChI is InChI=1S/C30H36N6O3S/c1-21-8-5-11-24(16-21)12-7-14-36-15-13-25(19-36)39-28-17-27(29-22(2)9-6-10-23(29)3)32-30(33-28)34-40(37,38)26-18-31-35(4)20-26/h5-6,8-11,16-18,20,25H,7,12-15,19H2,1-4H3,(H,32,33,34). The van der Waals surface area contributed by atoms with Gasteiger partial charge < -0.3 is 4.74 Å². The summed E-state index contributed by atoms with van der Waals surface area (Å²) in [7, 11) is -2.26. The molecule has 1 aliphatic rings. The summed E-state index contributed by atoms with van der Waals surface area (Å²) in [6.07, 6.45) is 5.70. The molecule has 40 heavy (non-hydrogen) atoms. The minimum absolute atomic E-state index is 0.0352. The van der Waals surface area contributed by atoms with Gasteiger partial charge in [0.2, 0.25) is 11.8 Å². The van der Waals surface area contributed by atoms with Gasteiger partial charge in [-0.2, -0.15) is 10.1 Å². The van der Waals surface area contributed by atoms with Crippen LogP contribution in [0.25, 0.3) is 11.3 Å². The van der Waals surface area contributed by atoms with Gasteiger partial charge in [0.25, 0.3) is 10.0 Å². The third-order valence-corrected chi connectivity index (χ3v) is 8.48. The van der Waals surface area contributed by atoms with Crippen molar-refractivity contribution in [2.24, 2.45) is 7.05 Å². The number of anilines is 1. The number of hydrogen-bond acceptors (Lipinski definition) is 7. The van der Waals surface area contributed by atoms with Crippen LogP contribution >= 0.6 is 0 Å². The van der Waals surface area contributed by atoms with Crippen LogP contribution in [0.15, 0.2) is 65.8 Å². The second-order valence-corrected chi connectivity index (χ2v) is 12.2. The number of aryl methyl sites for hydroxylation is 5. The number of benzene rings is 2. The van der Waals surface area contributed by atoms with Gasteiger partial charge in [-0.15, -0.1) is 0 Å². The van der Waals surface area contributed by atoms with E-state index in [1.807, 2.05) is 32.0 Å². The molecule has 0 amide bonds. The number of aromatic nitrogens is 4. The molecule has 2 aromatic heterocycles. The van der Waals surface area contributed by atoms with Crippen LogP contribution in [0.4, 0.5) is 5.95 Å². The Balaban J connectivity index is 1.32. The highest BCUT2D eigenvalue weighted by atomic mass is 32.2. The molecule has 0 spiro atoms. The molecule has 1 atom stereocenters. The van der Waals surface area contributed by atoms with Crippen molar-refractivity contribution < 1.29 is 13.2 Å². The van der Waals surface area contributed by atoms with Crippen molar-refractivity contribution in [3.8, 4) is 17.1 Å². The van der Waals surface area contributed by atoms with E-state index in [0.717, 1.165) is 55.6 Å². The highest BCUT2D eigenvalue weighted by Gasteiger charge is 2.25. The molecule has 0 radical (unpaired) electrons. The summed E-state index contributed by atoms with van der Waals surface area (Å²) < 4.78 is 36.4. The second kappa shape index (κ2) is 11.8. The fourth-order valence-corrected chi connectivity index (χ4v) is 6.16. The van der Waals surface area contributed by atoms with E-state index >= 15 is 0 Å². The van der Waals surface area contributed by atoms with Crippen LogP contribution in [0.1, 0.15) is 35.1 Å². The lowest BCUT2D eigenvalue weighted by molar-refractivity contribution is 0.193. The van der Waals surface area contributed by atoms with Gasteiger partial charge in [0, 0.05) is 38.0 Å². The maximum Gasteiger partial charge on any atom is 0.267 e. The van der Waals surface area contributed by atoms with E-state index in [9.17, 15) is 8.42 Å². The molecule has 10 heteroatoms. The number of hydrogen-bond donors (Lipinski definition) is 1. The van der Waals surface area contributed by atoms with Crippen molar-refractivity contribution >= 4 is 16.0 Å². The maximum absolute atomic E-state index is 13.0. The zero-order valence-electron chi connectivity index (χ0n) is 23.5. The molecule has 1 N–H and O–H groups in total. The Kier molecular flexibility index (Phi) is 8.18. The van der Waals surface area contributed by atoms with Crippen molar-refractivity contribution in [2.45, 2.75) is 51.0 Å². The lowest BCUT2D eigenvalue weighted by Gasteiger charge is -2.18. The molecule has 1 saturated heterocycles. The summed E-state index contributed by atoms with van der Waals surface area (Å²) >= 11 is 0. The maximum atomic E-state index is 13.0. The van der Waals surface area contributed by atoms with Crippen LogP contribution in [-0.4, -0.2) is 58.8 Å². The summed E-state index contributed by atoms with van der Waals surface area (Å²) in [5.41, 5.74) is 6.27. The highest BCUT2D eigenvalue weighted by Crippen LogP contribution is 2.30. The number of ether oxygens (including phenoxy) is 1. The quantitative estimate of drug-likeness (QED) is 0.300. The first-order valence-electron chi connectivity index (χ1n) is 13.6. The number of likely N-dealkylation sites (tertiary alicyclic amines) is 1. The SMILES string of the molecule is Cc1cccc(CCCN2CCC(Oc3cc(-c4c(C)cccc4C)nc(NS(=O)(=O)c4cnn(C)c4)n3)C2)c1. The molecule has 0 aliphatic carbocycles. The predicted molar refractivity (Wildman–Crippen MR) is 156 cm³/mol. The van der Waals surface area contributed by atoms with Crippen molar-refractivity contribution in [3.05, 3.63) is 83.2 Å². The highest BCUT2D eigenvalue weighted by molar-refractivity contribution is 7.92. The van der Waals surface area contributed by atoms with Crippen molar-refractivity contribution in [3.63, 3.8) is 0 Å². The monoisotopic (exact) mass is 560 g/mol. The van der Waals surface area contributed by atoms with Crippen molar-refractivity contribution in [1.82, 2.24) is 24.6 Å². The molecule has 1 unspecified atom stereocenters. The van der Waals surface area contributed by atoms with Crippen LogP contribution in [-0.2, 0) is 23.5 Å². The molecule has 9 nitrogen and oxygen atoms in total. The van der Waals surface area contributed by atoms with E-state index in [-0.39, 0.29) is 16.9 Å². The van der Waals surface area contributed by atoms with Gasteiger partial charge in [-0.25, -0.2) is 18.1 Å². The third-order valence-electron chi connectivity index (χ3n) is 7.20. The number of rotatable bonds is 10. The van der Waals surface area contributed by atoms with Gasteiger partial charge in [0.15, 0.2) is 0 Å². The summed E-state index contributed by atoms with van der Waals surface area (Å²) in [5, 5.41) is 3.98. The fourth-order valence-electron chi connectivity index (χ4n) is 5.24.